The number of benzene rings is 4. The SMILES string of the molecule is CSc1ccc(S(=O)(=O)N(CC(=O)N(Cc2ccc(Cl)cc2)[C@H](Cc2ccccc2)C(=O)NC(C)C)c2ccc(C)cc2)cc1. The zero-order chi connectivity index (χ0) is 32.6. The van der Waals surface area contributed by atoms with Gasteiger partial charge >= 0.3 is 0 Å². The highest BCUT2D eigenvalue weighted by atomic mass is 35.5. The zero-order valence-corrected chi connectivity index (χ0v) is 28.2. The molecule has 0 heterocycles. The molecule has 236 valence electrons. The van der Waals surface area contributed by atoms with Crippen molar-refractivity contribution in [3.8, 4) is 0 Å². The summed E-state index contributed by atoms with van der Waals surface area (Å²) in [5.74, 6) is -0.844. The third kappa shape index (κ3) is 9.12. The van der Waals surface area contributed by atoms with E-state index in [4.69, 9.17) is 11.6 Å². The van der Waals surface area contributed by atoms with E-state index in [0.29, 0.717) is 10.7 Å². The molecule has 4 aromatic rings. The van der Waals surface area contributed by atoms with Gasteiger partial charge in [-0.05, 0) is 86.7 Å². The Balaban J connectivity index is 1.79. The third-order valence-corrected chi connectivity index (χ3v) is 10.0. The van der Waals surface area contributed by atoms with Crippen molar-refractivity contribution >= 4 is 50.9 Å². The minimum absolute atomic E-state index is 0.0660. The number of anilines is 1. The summed E-state index contributed by atoms with van der Waals surface area (Å²) in [5, 5.41) is 3.50. The van der Waals surface area contributed by atoms with E-state index >= 15 is 0 Å². The van der Waals surface area contributed by atoms with Crippen LogP contribution in [0.2, 0.25) is 5.02 Å². The van der Waals surface area contributed by atoms with Gasteiger partial charge in [-0.25, -0.2) is 8.42 Å². The number of hydrogen-bond donors (Lipinski definition) is 1. The van der Waals surface area contributed by atoms with Crippen LogP contribution in [0.25, 0.3) is 0 Å². The molecule has 0 bridgehead atoms. The van der Waals surface area contributed by atoms with Crippen LogP contribution in [0.5, 0.6) is 0 Å². The lowest BCUT2D eigenvalue weighted by Crippen LogP contribution is -2.54. The van der Waals surface area contributed by atoms with Crippen LogP contribution in [-0.4, -0.2) is 50.0 Å². The van der Waals surface area contributed by atoms with Gasteiger partial charge in [0.25, 0.3) is 10.0 Å². The van der Waals surface area contributed by atoms with E-state index in [1.807, 2.05) is 57.4 Å². The second kappa shape index (κ2) is 15.5. The number of carbonyl (C=O) groups excluding carboxylic acids is 2. The Labute approximate surface area is 275 Å². The Kier molecular flexibility index (Phi) is 11.7. The number of thioether (sulfide) groups is 1. The van der Waals surface area contributed by atoms with Crippen molar-refractivity contribution in [3.63, 3.8) is 0 Å². The van der Waals surface area contributed by atoms with Crippen LogP contribution < -0.4 is 9.62 Å². The van der Waals surface area contributed by atoms with Crippen molar-refractivity contribution in [2.24, 2.45) is 0 Å². The number of amides is 2. The van der Waals surface area contributed by atoms with Crippen molar-refractivity contribution in [1.29, 1.82) is 0 Å². The van der Waals surface area contributed by atoms with Crippen molar-refractivity contribution in [1.82, 2.24) is 10.2 Å². The molecule has 0 aromatic heterocycles. The molecule has 0 spiro atoms. The number of hydrogen-bond acceptors (Lipinski definition) is 5. The smallest absolute Gasteiger partial charge is 0.264 e. The molecule has 10 heteroatoms. The predicted octanol–water partition coefficient (Wildman–Crippen LogP) is 6.73. The van der Waals surface area contributed by atoms with Crippen LogP contribution in [-0.2, 0) is 32.6 Å². The molecule has 2 amide bonds. The zero-order valence-electron chi connectivity index (χ0n) is 25.8. The minimum atomic E-state index is -4.16. The average Bonchev–Trinajstić information content (AvgIpc) is 3.03. The molecule has 1 atom stereocenters. The Morgan fingerprint density at radius 3 is 2.04 bits per heavy atom. The van der Waals surface area contributed by atoms with Crippen LogP contribution in [0.3, 0.4) is 0 Å². The van der Waals surface area contributed by atoms with Crippen molar-refractivity contribution in [3.05, 3.63) is 125 Å². The second-order valence-electron chi connectivity index (χ2n) is 11.0. The standard InChI is InChI=1S/C35H38ClN3O4S2/c1-25(2)37-35(41)33(22-27-8-6-5-7-9-27)38(23-28-12-14-29(36)15-13-28)34(40)24-39(30-16-10-26(3)11-17-30)45(42,43)32-20-18-31(44-4)19-21-32/h5-21,25,33H,22-24H2,1-4H3,(H,37,41)/t33-/m1/s1. The van der Waals surface area contributed by atoms with Gasteiger partial charge in [0.2, 0.25) is 11.8 Å². The molecule has 0 fully saturated rings. The van der Waals surface area contributed by atoms with Gasteiger partial charge in [-0.1, -0.05) is 71.8 Å². The highest BCUT2D eigenvalue weighted by Gasteiger charge is 2.34. The lowest BCUT2D eigenvalue weighted by Gasteiger charge is -2.34. The summed E-state index contributed by atoms with van der Waals surface area (Å²) in [5.41, 5.74) is 2.91. The first-order chi connectivity index (χ1) is 21.5. The molecule has 0 aliphatic heterocycles. The van der Waals surface area contributed by atoms with Crippen LogP contribution in [0.4, 0.5) is 5.69 Å². The van der Waals surface area contributed by atoms with Crippen molar-refractivity contribution in [2.75, 3.05) is 17.1 Å². The van der Waals surface area contributed by atoms with E-state index in [1.165, 1.54) is 16.7 Å². The molecule has 4 rings (SSSR count). The summed E-state index contributed by atoms with van der Waals surface area (Å²) in [6.45, 7) is 5.19. The van der Waals surface area contributed by atoms with Gasteiger partial charge in [0.05, 0.1) is 10.6 Å². The van der Waals surface area contributed by atoms with Crippen LogP contribution in [0.15, 0.2) is 113 Å². The number of carbonyl (C=O) groups is 2. The van der Waals surface area contributed by atoms with Gasteiger partial charge in [0.1, 0.15) is 12.6 Å². The Morgan fingerprint density at radius 2 is 1.47 bits per heavy atom. The first-order valence-corrected chi connectivity index (χ1v) is 17.6. The quantitative estimate of drug-likeness (QED) is 0.160. The monoisotopic (exact) mass is 663 g/mol. The summed E-state index contributed by atoms with van der Waals surface area (Å²) in [6.07, 6.45) is 2.16. The summed E-state index contributed by atoms with van der Waals surface area (Å²) in [7, 11) is -4.16. The Bertz CT molecular complexity index is 1680. The number of halogens is 1. The van der Waals surface area contributed by atoms with E-state index in [2.05, 4.69) is 5.32 Å². The number of nitrogens with zero attached hydrogens (tertiary/aromatic N) is 2. The fourth-order valence-corrected chi connectivity index (χ4v) is 6.78. The molecule has 0 unspecified atom stereocenters. The Hall–Kier alpha value is -3.79. The van der Waals surface area contributed by atoms with Crippen molar-refractivity contribution in [2.45, 2.75) is 55.6 Å². The summed E-state index contributed by atoms with van der Waals surface area (Å²) < 4.78 is 29.5. The molecule has 0 radical (unpaired) electrons. The molecule has 0 saturated carbocycles. The molecule has 0 aliphatic rings. The fraction of sp³-hybridized carbons (Fsp3) is 0.257. The normalized spacial score (nSPS) is 12.0. The molecular formula is C35H38ClN3O4S2. The molecule has 4 aromatic carbocycles. The molecule has 45 heavy (non-hydrogen) atoms. The van der Waals surface area contributed by atoms with Gasteiger partial charge in [-0.15, -0.1) is 11.8 Å². The molecule has 7 nitrogen and oxygen atoms in total. The number of sulfonamides is 1. The van der Waals surface area contributed by atoms with Gasteiger partial charge in [0.15, 0.2) is 0 Å². The van der Waals surface area contributed by atoms with Gasteiger partial charge in [-0.2, -0.15) is 0 Å². The van der Waals surface area contributed by atoms with E-state index in [0.717, 1.165) is 25.9 Å². The number of aryl methyl sites for hydroxylation is 1. The lowest BCUT2D eigenvalue weighted by molar-refractivity contribution is -0.140. The van der Waals surface area contributed by atoms with Crippen molar-refractivity contribution < 1.29 is 18.0 Å². The fourth-order valence-electron chi connectivity index (χ4n) is 4.84. The van der Waals surface area contributed by atoms with E-state index < -0.39 is 28.5 Å². The third-order valence-electron chi connectivity index (χ3n) is 7.22. The summed E-state index contributed by atoms with van der Waals surface area (Å²) in [4.78, 5) is 30.7. The highest BCUT2D eigenvalue weighted by Crippen LogP contribution is 2.27. The maximum absolute atomic E-state index is 14.5. The van der Waals surface area contributed by atoms with Gasteiger partial charge in [-0.3, -0.25) is 13.9 Å². The topological polar surface area (TPSA) is 86.8 Å². The second-order valence-corrected chi connectivity index (χ2v) is 14.2. The minimum Gasteiger partial charge on any atom is -0.352 e. The molecular weight excluding hydrogens is 626 g/mol. The number of nitrogens with one attached hydrogen (secondary N) is 1. The van der Waals surface area contributed by atoms with Crippen LogP contribution >= 0.6 is 23.4 Å². The largest absolute Gasteiger partial charge is 0.352 e. The first kappa shape index (κ1) is 34.1. The number of rotatable bonds is 13. The van der Waals surface area contributed by atoms with E-state index in [-0.39, 0.29) is 29.8 Å². The summed E-state index contributed by atoms with van der Waals surface area (Å²) >= 11 is 7.65. The highest BCUT2D eigenvalue weighted by molar-refractivity contribution is 7.98. The summed E-state index contributed by atoms with van der Waals surface area (Å²) in [6, 6.07) is 29.0. The lowest BCUT2D eigenvalue weighted by atomic mass is 10.0. The molecule has 1 N–H and O–H groups in total. The van der Waals surface area contributed by atoms with E-state index in [1.54, 1.807) is 72.8 Å². The van der Waals surface area contributed by atoms with E-state index in [9.17, 15) is 18.0 Å². The van der Waals surface area contributed by atoms with Crippen LogP contribution in [0.1, 0.15) is 30.5 Å². The average molecular weight is 664 g/mol. The maximum Gasteiger partial charge on any atom is 0.264 e. The maximum atomic E-state index is 14.5. The predicted molar refractivity (Wildman–Crippen MR) is 183 cm³/mol. The Morgan fingerprint density at radius 1 is 0.844 bits per heavy atom. The van der Waals surface area contributed by atoms with Gasteiger partial charge in [0, 0.05) is 28.9 Å². The molecule has 0 aliphatic carbocycles. The van der Waals surface area contributed by atoms with Gasteiger partial charge < -0.3 is 10.2 Å². The first-order valence-electron chi connectivity index (χ1n) is 14.6. The molecule has 0 saturated heterocycles. The van der Waals surface area contributed by atoms with Crippen LogP contribution in [0, 0.1) is 6.92 Å².